The lowest BCUT2D eigenvalue weighted by Crippen LogP contribution is -2.26. The van der Waals surface area contributed by atoms with Crippen LogP contribution in [0.1, 0.15) is 25.3 Å². The summed E-state index contributed by atoms with van der Waals surface area (Å²) in [7, 11) is 0. The smallest absolute Gasteiger partial charge is 0.122 e. The standard InChI is InChI=1S/C22H28N2O2/c1-18(22-23-13-14-24-22)17-19-9-5-6-12-21(19)26-16-8-7-15-25-20-10-3-2-4-11-20/h2-6,9-12,18H,7-8,13-17H2,1H3,(H,23,24). The van der Waals surface area contributed by atoms with E-state index in [-0.39, 0.29) is 0 Å². The Balaban J connectivity index is 1.40. The van der Waals surface area contributed by atoms with E-state index in [4.69, 9.17) is 9.47 Å². The third-order valence-corrected chi connectivity index (χ3v) is 4.47. The molecule has 0 saturated heterocycles. The van der Waals surface area contributed by atoms with Crippen LogP contribution in [0, 0.1) is 5.92 Å². The molecule has 0 aliphatic carbocycles. The van der Waals surface area contributed by atoms with Crippen LogP contribution >= 0.6 is 0 Å². The van der Waals surface area contributed by atoms with E-state index >= 15 is 0 Å². The predicted molar refractivity (Wildman–Crippen MR) is 106 cm³/mol. The third kappa shape index (κ3) is 5.51. The Morgan fingerprint density at radius 1 is 0.962 bits per heavy atom. The Kier molecular flexibility index (Phi) is 6.94. The van der Waals surface area contributed by atoms with Gasteiger partial charge in [0.15, 0.2) is 0 Å². The molecule has 0 spiro atoms. The fourth-order valence-corrected chi connectivity index (χ4v) is 3.08. The van der Waals surface area contributed by atoms with E-state index < -0.39 is 0 Å². The molecule has 4 heteroatoms. The van der Waals surface area contributed by atoms with Crippen LogP contribution in [0.3, 0.4) is 0 Å². The normalized spacial score (nSPS) is 14.4. The summed E-state index contributed by atoms with van der Waals surface area (Å²) >= 11 is 0. The van der Waals surface area contributed by atoms with Crippen LogP contribution < -0.4 is 14.8 Å². The zero-order valence-corrected chi connectivity index (χ0v) is 15.5. The quantitative estimate of drug-likeness (QED) is 0.655. The second-order valence-corrected chi connectivity index (χ2v) is 6.62. The van der Waals surface area contributed by atoms with E-state index in [0.29, 0.717) is 12.5 Å². The maximum Gasteiger partial charge on any atom is 0.122 e. The lowest BCUT2D eigenvalue weighted by atomic mass is 9.99. The molecule has 1 aliphatic heterocycles. The number of unbranched alkanes of at least 4 members (excludes halogenated alkanes) is 1. The molecule has 2 aromatic carbocycles. The first-order valence-corrected chi connectivity index (χ1v) is 9.49. The third-order valence-electron chi connectivity index (χ3n) is 4.47. The summed E-state index contributed by atoms with van der Waals surface area (Å²) in [4.78, 5) is 4.53. The molecule has 1 unspecified atom stereocenters. The van der Waals surface area contributed by atoms with Crippen molar-refractivity contribution in [2.45, 2.75) is 26.2 Å². The van der Waals surface area contributed by atoms with Crippen LogP contribution in [-0.4, -0.2) is 32.1 Å². The molecule has 0 fully saturated rings. The van der Waals surface area contributed by atoms with Gasteiger partial charge in [-0.25, -0.2) is 0 Å². The van der Waals surface area contributed by atoms with Crippen LogP contribution in [0.5, 0.6) is 11.5 Å². The van der Waals surface area contributed by atoms with Gasteiger partial charge < -0.3 is 14.8 Å². The monoisotopic (exact) mass is 352 g/mol. The number of hydrogen-bond acceptors (Lipinski definition) is 4. The topological polar surface area (TPSA) is 42.9 Å². The molecule has 0 saturated carbocycles. The minimum atomic E-state index is 0.390. The number of benzene rings is 2. The van der Waals surface area contributed by atoms with Crippen molar-refractivity contribution in [3.05, 3.63) is 60.2 Å². The van der Waals surface area contributed by atoms with Crippen molar-refractivity contribution in [2.24, 2.45) is 10.9 Å². The molecule has 1 atom stereocenters. The first-order chi connectivity index (χ1) is 12.8. The van der Waals surface area contributed by atoms with Gasteiger partial charge in [-0.3, -0.25) is 4.99 Å². The number of nitrogens with zero attached hydrogens (tertiary/aromatic N) is 1. The molecule has 0 amide bonds. The number of nitrogens with one attached hydrogen (secondary N) is 1. The van der Waals surface area contributed by atoms with E-state index in [9.17, 15) is 0 Å². The molecular weight excluding hydrogens is 324 g/mol. The minimum absolute atomic E-state index is 0.390. The van der Waals surface area contributed by atoms with E-state index in [1.807, 2.05) is 36.4 Å². The molecule has 1 N–H and O–H groups in total. The van der Waals surface area contributed by atoms with Crippen molar-refractivity contribution < 1.29 is 9.47 Å². The zero-order chi connectivity index (χ0) is 18.0. The molecular formula is C22H28N2O2. The fourth-order valence-electron chi connectivity index (χ4n) is 3.08. The lowest BCUT2D eigenvalue weighted by molar-refractivity contribution is 0.265. The Morgan fingerprint density at radius 2 is 1.69 bits per heavy atom. The Morgan fingerprint density at radius 3 is 2.46 bits per heavy atom. The highest BCUT2D eigenvalue weighted by atomic mass is 16.5. The first-order valence-electron chi connectivity index (χ1n) is 9.49. The highest BCUT2D eigenvalue weighted by Crippen LogP contribution is 2.22. The Bertz CT molecular complexity index is 700. The molecule has 0 radical (unpaired) electrons. The van der Waals surface area contributed by atoms with Gasteiger partial charge in [-0.2, -0.15) is 0 Å². The number of hydrogen-bond donors (Lipinski definition) is 1. The summed E-state index contributed by atoms with van der Waals surface area (Å²) in [6.07, 6.45) is 2.90. The minimum Gasteiger partial charge on any atom is -0.494 e. The van der Waals surface area contributed by atoms with E-state index in [1.54, 1.807) is 0 Å². The Hall–Kier alpha value is -2.49. The van der Waals surface area contributed by atoms with Gasteiger partial charge in [0.25, 0.3) is 0 Å². The van der Waals surface area contributed by atoms with Crippen LogP contribution in [0.2, 0.25) is 0 Å². The molecule has 1 aliphatic rings. The van der Waals surface area contributed by atoms with Gasteiger partial charge in [0.2, 0.25) is 0 Å². The van der Waals surface area contributed by atoms with Crippen molar-refractivity contribution in [3.63, 3.8) is 0 Å². The van der Waals surface area contributed by atoms with Crippen LogP contribution in [0.15, 0.2) is 59.6 Å². The summed E-state index contributed by atoms with van der Waals surface area (Å²) < 4.78 is 11.8. The highest BCUT2D eigenvalue weighted by Gasteiger charge is 2.16. The zero-order valence-electron chi connectivity index (χ0n) is 15.5. The van der Waals surface area contributed by atoms with E-state index in [1.165, 1.54) is 5.56 Å². The van der Waals surface area contributed by atoms with Gasteiger partial charge in [0.05, 0.1) is 25.6 Å². The van der Waals surface area contributed by atoms with Gasteiger partial charge in [-0.1, -0.05) is 43.3 Å². The van der Waals surface area contributed by atoms with Crippen LogP contribution in [0.4, 0.5) is 0 Å². The van der Waals surface area contributed by atoms with Gasteiger partial charge in [0, 0.05) is 12.5 Å². The average Bonchev–Trinajstić information content (AvgIpc) is 3.21. The van der Waals surface area contributed by atoms with Crippen LogP contribution in [-0.2, 0) is 6.42 Å². The molecule has 2 aromatic rings. The lowest BCUT2D eigenvalue weighted by Gasteiger charge is -2.16. The first kappa shape index (κ1) is 18.3. The van der Waals surface area contributed by atoms with Crippen LogP contribution in [0.25, 0.3) is 0 Å². The maximum absolute atomic E-state index is 6.04. The summed E-state index contributed by atoms with van der Waals surface area (Å²) in [5.41, 5.74) is 1.25. The van der Waals surface area contributed by atoms with Crippen molar-refractivity contribution >= 4 is 5.84 Å². The summed E-state index contributed by atoms with van der Waals surface area (Å²) in [5.74, 6) is 3.43. The second-order valence-electron chi connectivity index (χ2n) is 6.62. The molecule has 1 heterocycles. The summed E-state index contributed by atoms with van der Waals surface area (Å²) in [5, 5.41) is 3.37. The van der Waals surface area contributed by atoms with Gasteiger partial charge >= 0.3 is 0 Å². The molecule has 26 heavy (non-hydrogen) atoms. The van der Waals surface area contributed by atoms with Gasteiger partial charge in [-0.15, -0.1) is 0 Å². The van der Waals surface area contributed by atoms with Crippen molar-refractivity contribution in [2.75, 3.05) is 26.3 Å². The number of amidine groups is 1. The van der Waals surface area contributed by atoms with E-state index in [0.717, 1.165) is 56.3 Å². The maximum atomic E-state index is 6.04. The van der Waals surface area contributed by atoms with Crippen molar-refractivity contribution in [1.82, 2.24) is 5.32 Å². The predicted octanol–water partition coefficient (Wildman–Crippen LogP) is 4.10. The number of ether oxygens (including phenoxy) is 2. The number of rotatable bonds is 10. The molecule has 4 nitrogen and oxygen atoms in total. The summed E-state index contributed by atoms with van der Waals surface area (Å²) in [6.45, 7) is 5.50. The highest BCUT2D eigenvalue weighted by molar-refractivity contribution is 5.85. The largest absolute Gasteiger partial charge is 0.494 e. The average molecular weight is 352 g/mol. The molecule has 3 rings (SSSR count). The SMILES string of the molecule is CC(Cc1ccccc1OCCCCOc1ccccc1)C1=NCCN1. The second kappa shape index (κ2) is 9.85. The Labute approximate surface area is 156 Å². The molecule has 0 aromatic heterocycles. The number of aliphatic imine (C=N–C) groups is 1. The van der Waals surface area contributed by atoms with Crippen molar-refractivity contribution in [3.8, 4) is 11.5 Å². The van der Waals surface area contributed by atoms with Gasteiger partial charge in [-0.05, 0) is 43.0 Å². The van der Waals surface area contributed by atoms with Crippen molar-refractivity contribution in [1.29, 1.82) is 0 Å². The molecule has 0 bridgehead atoms. The fraction of sp³-hybridized carbons (Fsp3) is 0.409. The number of para-hydroxylation sites is 2. The van der Waals surface area contributed by atoms with E-state index in [2.05, 4.69) is 35.4 Å². The van der Waals surface area contributed by atoms with Gasteiger partial charge in [0.1, 0.15) is 11.5 Å². The molecule has 138 valence electrons. The summed E-state index contributed by atoms with van der Waals surface area (Å²) in [6, 6.07) is 18.3.